The van der Waals surface area contributed by atoms with Gasteiger partial charge in [-0.2, -0.15) is 0 Å². The molecule has 0 radical (unpaired) electrons. The van der Waals surface area contributed by atoms with E-state index in [0.29, 0.717) is 0 Å². The molecule has 0 amide bonds. The summed E-state index contributed by atoms with van der Waals surface area (Å²) in [6.07, 6.45) is 1.75. The molecule has 0 aliphatic carbocycles. The van der Waals surface area contributed by atoms with Crippen LogP contribution >= 0.6 is 0 Å². The Bertz CT molecular complexity index is 96.7. The minimum atomic E-state index is 0.843. The highest BCUT2D eigenvalue weighted by Crippen LogP contribution is 1.94. The molecule has 0 aromatic carbocycles. The second-order valence-corrected chi connectivity index (χ2v) is 1.57. The quantitative estimate of drug-likeness (QED) is 0.492. The van der Waals surface area contributed by atoms with Crippen molar-refractivity contribution >= 4 is 0 Å². The Balaban J connectivity index is 3.98. The molecule has 0 rings (SSSR count). The van der Waals surface area contributed by atoms with E-state index >= 15 is 0 Å². The third kappa shape index (κ3) is 2.04. The third-order valence-corrected chi connectivity index (χ3v) is 0.928. The summed E-state index contributed by atoms with van der Waals surface area (Å²) in [7, 11) is 0. The van der Waals surface area contributed by atoms with Gasteiger partial charge in [-0.05, 0) is 19.4 Å². The normalized spacial score (nSPS) is 12.9. The number of hydrogen-bond donors (Lipinski definition) is 1. The van der Waals surface area contributed by atoms with Crippen LogP contribution in [-0.2, 0) is 0 Å². The van der Waals surface area contributed by atoms with E-state index in [1.54, 1.807) is 6.08 Å². The van der Waals surface area contributed by atoms with Gasteiger partial charge in [-0.3, -0.25) is 0 Å². The van der Waals surface area contributed by atoms with Gasteiger partial charge in [0.1, 0.15) is 0 Å². The van der Waals surface area contributed by atoms with Crippen molar-refractivity contribution in [3.8, 4) is 0 Å². The first-order valence-electron chi connectivity index (χ1n) is 2.24. The van der Waals surface area contributed by atoms with E-state index in [-0.39, 0.29) is 0 Å². The van der Waals surface area contributed by atoms with Crippen LogP contribution in [0.15, 0.2) is 23.9 Å². The molecule has 0 aliphatic rings. The molecule has 0 unspecified atom stereocenters. The van der Waals surface area contributed by atoms with Crippen molar-refractivity contribution in [3.05, 3.63) is 23.9 Å². The van der Waals surface area contributed by atoms with E-state index < -0.39 is 0 Å². The summed E-state index contributed by atoms with van der Waals surface area (Å²) in [5.74, 6) is 0. The van der Waals surface area contributed by atoms with Gasteiger partial charge in [0.25, 0.3) is 0 Å². The number of nitrogens with two attached hydrogens (primary N) is 1. The van der Waals surface area contributed by atoms with Gasteiger partial charge in [-0.25, -0.2) is 0 Å². The second-order valence-electron chi connectivity index (χ2n) is 1.57. The van der Waals surface area contributed by atoms with Crippen molar-refractivity contribution < 1.29 is 0 Å². The standard InChI is InChI=1S/C6H11N/c1-4-5(2)6(3)7/h4H,1,7H2,2-3H3. The molecule has 0 aromatic heterocycles. The molecule has 0 spiro atoms. The first-order valence-corrected chi connectivity index (χ1v) is 2.24. The summed E-state index contributed by atoms with van der Waals surface area (Å²) >= 11 is 0. The average molecular weight is 97.2 g/mol. The van der Waals surface area contributed by atoms with Crippen LogP contribution in [0.25, 0.3) is 0 Å². The molecule has 0 aliphatic heterocycles. The Kier molecular flexibility index (Phi) is 2.20. The molecule has 1 nitrogen and oxygen atoms in total. The van der Waals surface area contributed by atoms with Crippen LogP contribution in [0.5, 0.6) is 0 Å². The van der Waals surface area contributed by atoms with Crippen molar-refractivity contribution in [2.75, 3.05) is 0 Å². The number of rotatable bonds is 1. The number of allylic oxidation sites excluding steroid dienone is 3. The topological polar surface area (TPSA) is 26.0 Å². The molecule has 1 heteroatoms. The Hall–Kier alpha value is -0.720. The molecule has 2 N–H and O–H groups in total. The summed E-state index contributed by atoms with van der Waals surface area (Å²) in [5.41, 5.74) is 7.25. The summed E-state index contributed by atoms with van der Waals surface area (Å²) in [4.78, 5) is 0. The highest BCUT2D eigenvalue weighted by molar-refractivity contribution is 5.17. The fraction of sp³-hybridized carbons (Fsp3) is 0.333. The van der Waals surface area contributed by atoms with Gasteiger partial charge in [0.05, 0.1) is 0 Å². The van der Waals surface area contributed by atoms with Crippen molar-refractivity contribution in [2.45, 2.75) is 13.8 Å². The molecular formula is C6H11N. The average Bonchev–Trinajstić information content (AvgIpc) is 1.65. The predicted octanol–water partition coefficient (Wildman–Crippen LogP) is 1.43. The lowest BCUT2D eigenvalue weighted by Gasteiger charge is -1.90. The highest BCUT2D eigenvalue weighted by Gasteiger charge is 1.79. The summed E-state index contributed by atoms with van der Waals surface area (Å²) in [6, 6.07) is 0. The van der Waals surface area contributed by atoms with E-state index in [2.05, 4.69) is 6.58 Å². The van der Waals surface area contributed by atoms with Crippen LogP contribution in [0.2, 0.25) is 0 Å². The van der Waals surface area contributed by atoms with Gasteiger partial charge < -0.3 is 5.73 Å². The van der Waals surface area contributed by atoms with Crippen molar-refractivity contribution in [1.29, 1.82) is 0 Å². The van der Waals surface area contributed by atoms with Crippen LogP contribution in [0.4, 0.5) is 0 Å². The van der Waals surface area contributed by atoms with Crippen LogP contribution in [-0.4, -0.2) is 0 Å². The van der Waals surface area contributed by atoms with Gasteiger partial charge in [0.2, 0.25) is 0 Å². The monoisotopic (exact) mass is 97.1 g/mol. The van der Waals surface area contributed by atoms with E-state index in [0.717, 1.165) is 11.3 Å². The van der Waals surface area contributed by atoms with Crippen molar-refractivity contribution in [3.63, 3.8) is 0 Å². The van der Waals surface area contributed by atoms with Gasteiger partial charge in [-0.15, -0.1) is 0 Å². The highest BCUT2D eigenvalue weighted by atomic mass is 14.5. The Morgan fingerprint density at radius 1 is 1.57 bits per heavy atom. The molecule has 0 bridgehead atoms. The lowest BCUT2D eigenvalue weighted by molar-refractivity contribution is 1.24. The molecule has 0 saturated heterocycles. The minimum absolute atomic E-state index is 0.843. The summed E-state index contributed by atoms with van der Waals surface area (Å²) in [6.45, 7) is 7.33. The maximum atomic E-state index is 5.35. The lowest BCUT2D eigenvalue weighted by atomic mass is 10.2. The zero-order chi connectivity index (χ0) is 5.86. The fourth-order valence-electron chi connectivity index (χ4n) is 0.161. The maximum absolute atomic E-state index is 5.35. The van der Waals surface area contributed by atoms with E-state index in [4.69, 9.17) is 5.73 Å². The maximum Gasteiger partial charge on any atom is 0.00783 e. The van der Waals surface area contributed by atoms with Crippen molar-refractivity contribution in [1.82, 2.24) is 0 Å². The molecule has 0 atom stereocenters. The lowest BCUT2D eigenvalue weighted by Crippen LogP contribution is -1.92. The minimum Gasteiger partial charge on any atom is -0.402 e. The van der Waals surface area contributed by atoms with Gasteiger partial charge in [0.15, 0.2) is 0 Å². The summed E-state index contributed by atoms with van der Waals surface area (Å²) < 4.78 is 0. The Morgan fingerprint density at radius 3 is 2.00 bits per heavy atom. The summed E-state index contributed by atoms with van der Waals surface area (Å²) in [5, 5.41) is 0. The molecule has 7 heavy (non-hydrogen) atoms. The Labute approximate surface area is 44.5 Å². The fourth-order valence-corrected chi connectivity index (χ4v) is 0.161. The van der Waals surface area contributed by atoms with Crippen LogP contribution in [0.1, 0.15) is 13.8 Å². The molecule has 0 fully saturated rings. The third-order valence-electron chi connectivity index (χ3n) is 0.928. The Morgan fingerprint density at radius 2 is 2.00 bits per heavy atom. The zero-order valence-electron chi connectivity index (χ0n) is 4.86. The first kappa shape index (κ1) is 6.28. The largest absolute Gasteiger partial charge is 0.402 e. The second kappa shape index (κ2) is 2.45. The molecule has 40 valence electrons. The molecule has 0 saturated carbocycles. The van der Waals surface area contributed by atoms with Crippen LogP contribution in [0.3, 0.4) is 0 Å². The van der Waals surface area contributed by atoms with Gasteiger partial charge in [0, 0.05) is 5.70 Å². The van der Waals surface area contributed by atoms with Gasteiger partial charge >= 0.3 is 0 Å². The number of hydrogen-bond acceptors (Lipinski definition) is 1. The molecule has 0 heterocycles. The van der Waals surface area contributed by atoms with E-state index in [1.807, 2.05) is 13.8 Å². The van der Waals surface area contributed by atoms with Crippen molar-refractivity contribution in [2.24, 2.45) is 5.73 Å². The van der Waals surface area contributed by atoms with Crippen LogP contribution in [0, 0.1) is 0 Å². The predicted molar refractivity (Wildman–Crippen MR) is 32.8 cm³/mol. The molecule has 0 aromatic rings. The van der Waals surface area contributed by atoms with E-state index in [1.165, 1.54) is 0 Å². The SMILES string of the molecule is C=CC(C)=C(C)N. The first-order chi connectivity index (χ1) is 3.18. The van der Waals surface area contributed by atoms with Gasteiger partial charge in [-0.1, -0.05) is 12.7 Å². The smallest absolute Gasteiger partial charge is 0.00783 e. The van der Waals surface area contributed by atoms with Crippen LogP contribution < -0.4 is 5.73 Å². The van der Waals surface area contributed by atoms with E-state index in [9.17, 15) is 0 Å². The molecular weight excluding hydrogens is 86.1 g/mol. The zero-order valence-corrected chi connectivity index (χ0v) is 4.86.